The number of nitrogens with zero attached hydrogens (tertiary/aromatic N) is 2. The molecule has 0 atom stereocenters. The van der Waals surface area contributed by atoms with Crippen LogP contribution in [-0.4, -0.2) is 31.5 Å². The zero-order valence-corrected chi connectivity index (χ0v) is 17.2. The van der Waals surface area contributed by atoms with Crippen LogP contribution in [0, 0.1) is 23.4 Å². The normalized spacial score (nSPS) is 11.4. The Kier molecular flexibility index (Phi) is 9.81. The van der Waals surface area contributed by atoms with E-state index in [2.05, 4.69) is 24.3 Å². The summed E-state index contributed by atoms with van der Waals surface area (Å²) in [7, 11) is -2.83. The van der Waals surface area contributed by atoms with E-state index in [1.807, 2.05) is 7.05 Å². The van der Waals surface area contributed by atoms with E-state index in [4.69, 9.17) is 24.0 Å². The fourth-order valence-corrected chi connectivity index (χ4v) is 2.20. The van der Waals surface area contributed by atoms with E-state index in [1.54, 1.807) is 10.7 Å². The van der Waals surface area contributed by atoms with Gasteiger partial charge in [-0.3, -0.25) is 0 Å². The predicted octanol–water partition coefficient (Wildman–Crippen LogP) is 2.72. The molecule has 2 rings (SSSR count). The number of hydrogen-bond donors (Lipinski definition) is 4. The molecule has 1 aromatic heterocycles. The number of rotatable bonds is 8. The highest BCUT2D eigenvalue weighted by atomic mass is 31.2. The lowest BCUT2D eigenvalue weighted by atomic mass is 10.1. The number of aryl methyl sites for hydroxylation is 1. The van der Waals surface area contributed by atoms with Crippen molar-refractivity contribution in [2.24, 2.45) is 5.92 Å². The van der Waals surface area contributed by atoms with Crippen molar-refractivity contribution < 1.29 is 37.2 Å². The van der Waals surface area contributed by atoms with Gasteiger partial charge in [-0.15, -0.1) is 0 Å². The van der Waals surface area contributed by atoms with Gasteiger partial charge >= 0.3 is 7.82 Å². The van der Waals surface area contributed by atoms with Crippen molar-refractivity contribution in [1.82, 2.24) is 15.1 Å². The lowest BCUT2D eigenvalue weighted by Gasteiger charge is -2.11. The van der Waals surface area contributed by atoms with Crippen LogP contribution in [0.5, 0.6) is 5.88 Å². The second-order valence-corrected chi connectivity index (χ2v) is 7.60. The molecular formula is C17H25F3N3O5P. The molecule has 29 heavy (non-hydrogen) atoms. The minimum Gasteiger partial charge on any atom is -0.473 e. The summed E-state index contributed by atoms with van der Waals surface area (Å²) in [4.78, 5) is 21.6. The summed E-state index contributed by atoms with van der Waals surface area (Å²) in [6.07, 6.45) is 0.913. The Morgan fingerprint density at radius 1 is 1.14 bits per heavy atom. The number of benzene rings is 1. The van der Waals surface area contributed by atoms with Gasteiger partial charge in [0.15, 0.2) is 11.6 Å². The fraction of sp³-hybridized carbons (Fsp3) is 0.471. The standard InChI is InChI=1S/C17H22F3N3O.H3O4P/c1-11(2)4-5-23-17(7-13(22-23)9-21-3)24-10-12-6-15(19)16(20)8-14(12)18;1-5(2,3)4/h6-8,11,21H,4-5,9-10H2,1-3H3;(H3,1,2,3,4). The molecule has 0 aliphatic rings. The molecule has 0 fully saturated rings. The number of aromatic nitrogens is 2. The smallest absolute Gasteiger partial charge is 0.466 e. The van der Waals surface area contributed by atoms with Gasteiger partial charge in [-0.05, 0) is 25.5 Å². The third kappa shape index (κ3) is 9.91. The number of nitrogens with one attached hydrogen (secondary N) is 1. The summed E-state index contributed by atoms with van der Waals surface area (Å²) in [5.41, 5.74) is 0.752. The van der Waals surface area contributed by atoms with E-state index in [0.717, 1.165) is 18.2 Å². The van der Waals surface area contributed by atoms with Gasteiger partial charge in [-0.1, -0.05) is 13.8 Å². The molecule has 0 amide bonds. The summed E-state index contributed by atoms with van der Waals surface area (Å²) in [5.74, 6) is -2.17. The highest BCUT2D eigenvalue weighted by molar-refractivity contribution is 7.45. The molecule has 2 aromatic rings. The lowest BCUT2D eigenvalue weighted by molar-refractivity contribution is 0.262. The van der Waals surface area contributed by atoms with Crippen LogP contribution in [0.2, 0.25) is 0 Å². The van der Waals surface area contributed by atoms with Gasteiger partial charge in [0, 0.05) is 30.8 Å². The maximum Gasteiger partial charge on any atom is 0.466 e. The Morgan fingerprint density at radius 2 is 1.72 bits per heavy atom. The van der Waals surface area contributed by atoms with Gasteiger partial charge in [0.2, 0.25) is 5.88 Å². The molecule has 0 aliphatic heterocycles. The molecule has 0 saturated carbocycles. The highest BCUT2D eigenvalue weighted by Crippen LogP contribution is 2.25. The van der Waals surface area contributed by atoms with Gasteiger partial charge in [0.05, 0.1) is 5.69 Å². The third-order valence-electron chi connectivity index (χ3n) is 3.53. The van der Waals surface area contributed by atoms with E-state index in [1.165, 1.54) is 0 Å². The minimum absolute atomic E-state index is 0.0410. The second-order valence-electron chi connectivity index (χ2n) is 6.57. The van der Waals surface area contributed by atoms with Crippen LogP contribution in [0.4, 0.5) is 13.2 Å². The van der Waals surface area contributed by atoms with Crippen LogP contribution < -0.4 is 10.1 Å². The third-order valence-corrected chi connectivity index (χ3v) is 3.53. The first-order chi connectivity index (χ1) is 13.4. The van der Waals surface area contributed by atoms with Crippen molar-refractivity contribution in [3.05, 3.63) is 46.9 Å². The van der Waals surface area contributed by atoms with E-state index in [0.29, 0.717) is 31.0 Å². The van der Waals surface area contributed by atoms with Crippen molar-refractivity contribution in [1.29, 1.82) is 0 Å². The fourth-order valence-electron chi connectivity index (χ4n) is 2.20. The maximum atomic E-state index is 13.7. The van der Waals surface area contributed by atoms with Crippen LogP contribution in [0.3, 0.4) is 0 Å². The second kappa shape index (κ2) is 11.3. The number of hydrogen-bond acceptors (Lipinski definition) is 4. The van der Waals surface area contributed by atoms with E-state index >= 15 is 0 Å². The van der Waals surface area contributed by atoms with Crippen LogP contribution >= 0.6 is 7.82 Å². The molecule has 0 bridgehead atoms. The number of ether oxygens (including phenoxy) is 1. The monoisotopic (exact) mass is 439 g/mol. The van der Waals surface area contributed by atoms with Gasteiger partial charge in [-0.25, -0.2) is 22.4 Å². The zero-order valence-electron chi connectivity index (χ0n) is 16.3. The first-order valence-electron chi connectivity index (χ1n) is 8.66. The lowest BCUT2D eigenvalue weighted by Crippen LogP contribution is -2.09. The first kappa shape index (κ1) is 25.1. The topological polar surface area (TPSA) is 117 Å². The maximum absolute atomic E-state index is 13.7. The minimum atomic E-state index is -4.64. The van der Waals surface area contributed by atoms with E-state index in [9.17, 15) is 13.2 Å². The van der Waals surface area contributed by atoms with Crippen molar-refractivity contribution in [3.63, 3.8) is 0 Å². The highest BCUT2D eigenvalue weighted by Gasteiger charge is 2.13. The summed E-state index contributed by atoms with van der Waals surface area (Å²) in [5, 5.41) is 7.44. The molecule has 164 valence electrons. The first-order valence-corrected chi connectivity index (χ1v) is 10.2. The number of phosphoric acid groups is 1. The quantitative estimate of drug-likeness (QED) is 0.369. The zero-order chi connectivity index (χ0) is 22.2. The number of halogens is 3. The predicted molar refractivity (Wildman–Crippen MR) is 99.4 cm³/mol. The molecule has 4 N–H and O–H groups in total. The molecule has 1 heterocycles. The van der Waals surface area contributed by atoms with Crippen LogP contribution in [0.15, 0.2) is 18.2 Å². The SMILES string of the molecule is CNCc1cc(OCc2cc(F)c(F)cc2F)n(CCC(C)C)n1.O=P(O)(O)O. The van der Waals surface area contributed by atoms with E-state index < -0.39 is 25.3 Å². The Bertz CT molecular complexity index is 834. The summed E-state index contributed by atoms with van der Waals surface area (Å²) < 4.78 is 56.1. The average Bonchev–Trinajstić information content (AvgIpc) is 2.96. The Balaban J connectivity index is 0.000000749. The molecule has 1 aromatic carbocycles. The molecule has 0 saturated heterocycles. The average molecular weight is 439 g/mol. The van der Waals surface area contributed by atoms with E-state index in [-0.39, 0.29) is 12.2 Å². The van der Waals surface area contributed by atoms with Gasteiger partial charge in [-0.2, -0.15) is 5.10 Å². The van der Waals surface area contributed by atoms with Crippen molar-refractivity contribution in [3.8, 4) is 5.88 Å². The van der Waals surface area contributed by atoms with Gasteiger partial charge in [0.25, 0.3) is 0 Å². The molecular weight excluding hydrogens is 414 g/mol. The van der Waals surface area contributed by atoms with Crippen LogP contribution in [0.25, 0.3) is 0 Å². The van der Waals surface area contributed by atoms with Crippen molar-refractivity contribution in [2.75, 3.05) is 7.05 Å². The summed E-state index contributed by atoms with van der Waals surface area (Å²) >= 11 is 0. The Hall–Kier alpha value is -1.91. The summed E-state index contributed by atoms with van der Waals surface area (Å²) in [6.45, 7) is 5.25. The molecule has 12 heteroatoms. The molecule has 0 spiro atoms. The molecule has 0 aliphatic carbocycles. The van der Waals surface area contributed by atoms with Crippen molar-refractivity contribution in [2.45, 2.75) is 40.0 Å². The molecule has 0 radical (unpaired) electrons. The van der Waals surface area contributed by atoms with Crippen LogP contribution in [0.1, 0.15) is 31.5 Å². The molecule has 0 unspecified atom stereocenters. The largest absolute Gasteiger partial charge is 0.473 e. The Morgan fingerprint density at radius 3 is 2.28 bits per heavy atom. The van der Waals surface area contributed by atoms with Gasteiger partial charge in [0.1, 0.15) is 12.4 Å². The Labute approximate surface area is 166 Å². The van der Waals surface area contributed by atoms with Gasteiger partial charge < -0.3 is 24.7 Å². The summed E-state index contributed by atoms with van der Waals surface area (Å²) in [6, 6.07) is 3.10. The molecule has 8 nitrogen and oxygen atoms in total. The van der Waals surface area contributed by atoms with Crippen LogP contribution in [-0.2, 0) is 24.3 Å². The van der Waals surface area contributed by atoms with Crippen molar-refractivity contribution >= 4 is 7.82 Å².